The van der Waals surface area contributed by atoms with E-state index in [1.807, 2.05) is 0 Å². The summed E-state index contributed by atoms with van der Waals surface area (Å²) in [6.45, 7) is 8.70. The number of ether oxygens (including phenoxy) is 1. The van der Waals surface area contributed by atoms with Crippen LogP contribution in [-0.2, 0) is 21.5 Å². The molecule has 0 aliphatic rings. The maximum Gasteiger partial charge on any atom is 0.319 e. The van der Waals surface area contributed by atoms with Crippen molar-refractivity contribution in [3.05, 3.63) is 5.82 Å². The summed E-state index contributed by atoms with van der Waals surface area (Å²) in [5.41, 5.74) is -0.855. The number of esters is 1. The molecule has 0 aliphatic heterocycles. The first-order chi connectivity index (χ1) is 12.0. The van der Waals surface area contributed by atoms with E-state index < -0.39 is 5.41 Å². The van der Waals surface area contributed by atoms with Crippen LogP contribution < -0.4 is 0 Å². The number of nitrogens with zero attached hydrogens (tertiary/aromatic N) is 4. The second kappa shape index (κ2) is 12.0. The van der Waals surface area contributed by atoms with Gasteiger partial charge >= 0.3 is 5.97 Å². The van der Waals surface area contributed by atoms with Gasteiger partial charge in [-0.05, 0) is 32.4 Å². The summed E-state index contributed by atoms with van der Waals surface area (Å²) in [5.74, 6) is 0.117. The lowest BCUT2D eigenvalue weighted by Gasteiger charge is -2.17. The van der Waals surface area contributed by atoms with Crippen molar-refractivity contribution in [1.82, 2.24) is 20.2 Å². The Morgan fingerprint density at radius 2 is 1.52 bits per heavy atom. The van der Waals surface area contributed by atoms with Gasteiger partial charge in [-0.25, -0.2) is 0 Å². The van der Waals surface area contributed by atoms with Crippen LogP contribution in [0.25, 0.3) is 0 Å². The van der Waals surface area contributed by atoms with E-state index in [1.165, 1.54) is 57.8 Å². The Balaban J connectivity index is 2.18. The van der Waals surface area contributed by atoms with Crippen molar-refractivity contribution in [2.45, 2.75) is 104 Å². The van der Waals surface area contributed by atoms with Gasteiger partial charge < -0.3 is 4.74 Å². The molecular formula is C19H36N4O2. The second-order valence-corrected chi connectivity index (χ2v) is 7.24. The lowest BCUT2D eigenvalue weighted by molar-refractivity contribution is -0.149. The molecule has 6 nitrogen and oxygen atoms in total. The monoisotopic (exact) mass is 352 g/mol. The normalized spacial score (nSPS) is 11.7. The first-order valence-corrected chi connectivity index (χ1v) is 9.97. The fourth-order valence-electron chi connectivity index (χ4n) is 2.73. The van der Waals surface area contributed by atoms with Crippen molar-refractivity contribution >= 4 is 5.97 Å². The van der Waals surface area contributed by atoms with Gasteiger partial charge in [0.2, 0.25) is 0 Å². The highest BCUT2D eigenvalue weighted by Crippen LogP contribution is 2.20. The van der Waals surface area contributed by atoms with Crippen LogP contribution in [0, 0.1) is 0 Å². The van der Waals surface area contributed by atoms with Gasteiger partial charge in [-0.2, -0.15) is 4.80 Å². The average Bonchev–Trinajstić information content (AvgIpc) is 3.06. The molecule has 0 bridgehead atoms. The molecule has 1 heterocycles. The van der Waals surface area contributed by atoms with Crippen molar-refractivity contribution < 1.29 is 9.53 Å². The summed E-state index contributed by atoms with van der Waals surface area (Å²) >= 11 is 0. The Kier molecular flexibility index (Phi) is 10.3. The molecule has 0 saturated heterocycles. The molecular weight excluding hydrogens is 316 g/mol. The van der Waals surface area contributed by atoms with Gasteiger partial charge in [0.1, 0.15) is 5.41 Å². The molecule has 25 heavy (non-hydrogen) atoms. The minimum atomic E-state index is -0.855. The van der Waals surface area contributed by atoms with Gasteiger partial charge in [0.05, 0.1) is 13.2 Å². The number of unbranched alkanes of at least 4 members (excludes halogenated alkanes) is 9. The molecule has 0 aromatic carbocycles. The highest BCUT2D eigenvalue weighted by atomic mass is 16.5. The van der Waals surface area contributed by atoms with Crippen LogP contribution in [0.15, 0.2) is 0 Å². The van der Waals surface area contributed by atoms with Gasteiger partial charge in [-0.3, -0.25) is 4.79 Å². The van der Waals surface area contributed by atoms with Crippen LogP contribution in [0.3, 0.4) is 0 Å². The summed E-state index contributed by atoms with van der Waals surface area (Å²) in [5, 5.41) is 12.5. The molecule has 144 valence electrons. The third-order valence-electron chi connectivity index (χ3n) is 4.51. The van der Waals surface area contributed by atoms with E-state index >= 15 is 0 Å². The molecule has 0 radical (unpaired) electrons. The Labute approximate surface area is 152 Å². The standard InChI is InChI=1S/C19H36N4O2/c1-5-7-8-9-10-11-12-13-14-15-16-23-21-17(20-22-23)19(3,4)18(24)25-6-2/h5-16H2,1-4H3. The van der Waals surface area contributed by atoms with E-state index in [1.54, 1.807) is 25.6 Å². The lowest BCUT2D eigenvalue weighted by atomic mass is 9.93. The molecule has 0 unspecified atom stereocenters. The topological polar surface area (TPSA) is 69.9 Å². The quantitative estimate of drug-likeness (QED) is 0.366. The first-order valence-electron chi connectivity index (χ1n) is 9.97. The van der Waals surface area contributed by atoms with E-state index in [-0.39, 0.29) is 5.97 Å². The zero-order valence-electron chi connectivity index (χ0n) is 16.6. The van der Waals surface area contributed by atoms with Gasteiger partial charge in [0.25, 0.3) is 0 Å². The Morgan fingerprint density at radius 1 is 0.960 bits per heavy atom. The maximum atomic E-state index is 12.0. The smallest absolute Gasteiger partial charge is 0.319 e. The molecule has 6 heteroatoms. The Bertz CT molecular complexity index is 486. The predicted octanol–water partition coefficient (Wildman–Crippen LogP) is 4.43. The fraction of sp³-hybridized carbons (Fsp3) is 0.895. The zero-order chi connectivity index (χ0) is 18.5. The molecule has 0 N–H and O–H groups in total. The highest BCUT2D eigenvalue weighted by molar-refractivity contribution is 5.80. The summed E-state index contributed by atoms with van der Waals surface area (Å²) in [6, 6.07) is 0. The SMILES string of the molecule is CCCCCCCCCCCCn1nnc(C(C)(C)C(=O)OCC)n1. The first kappa shape index (κ1) is 21.6. The maximum absolute atomic E-state index is 12.0. The van der Waals surface area contributed by atoms with Crippen LogP contribution in [-0.4, -0.2) is 32.8 Å². The summed E-state index contributed by atoms with van der Waals surface area (Å²) in [7, 11) is 0. The second-order valence-electron chi connectivity index (χ2n) is 7.24. The molecule has 0 aliphatic carbocycles. The largest absolute Gasteiger partial charge is 0.465 e. The van der Waals surface area contributed by atoms with Crippen LogP contribution >= 0.6 is 0 Å². The third-order valence-corrected chi connectivity index (χ3v) is 4.51. The van der Waals surface area contributed by atoms with E-state index in [0.29, 0.717) is 12.4 Å². The van der Waals surface area contributed by atoms with Crippen molar-refractivity contribution in [1.29, 1.82) is 0 Å². The number of aromatic nitrogens is 4. The van der Waals surface area contributed by atoms with E-state index in [2.05, 4.69) is 22.3 Å². The third kappa shape index (κ3) is 7.97. The van der Waals surface area contributed by atoms with Crippen molar-refractivity contribution in [2.75, 3.05) is 6.61 Å². The predicted molar refractivity (Wildman–Crippen MR) is 99.3 cm³/mol. The minimum absolute atomic E-state index is 0.312. The number of hydrogen-bond donors (Lipinski definition) is 0. The molecule has 0 amide bonds. The van der Waals surface area contributed by atoms with Crippen LogP contribution in [0.2, 0.25) is 0 Å². The van der Waals surface area contributed by atoms with E-state index in [0.717, 1.165) is 13.0 Å². The van der Waals surface area contributed by atoms with Gasteiger partial charge in [-0.1, -0.05) is 64.7 Å². The number of hydrogen-bond acceptors (Lipinski definition) is 5. The lowest BCUT2D eigenvalue weighted by Crippen LogP contribution is -2.32. The van der Waals surface area contributed by atoms with Crippen LogP contribution in [0.5, 0.6) is 0 Å². The number of tetrazole rings is 1. The van der Waals surface area contributed by atoms with Crippen molar-refractivity contribution in [3.63, 3.8) is 0 Å². The van der Waals surface area contributed by atoms with Gasteiger partial charge in [0, 0.05) is 0 Å². The minimum Gasteiger partial charge on any atom is -0.465 e. The van der Waals surface area contributed by atoms with Crippen molar-refractivity contribution in [3.8, 4) is 0 Å². The summed E-state index contributed by atoms with van der Waals surface area (Å²) in [4.78, 5) is 13.6. The molecule has 1 aromatic heterocycles. The number of rotatable bonds is 14. The molecule has 1 aromatic rings. The number of aryl methyl sites for hydroxylation is 1. The van der Waals surface area contributed by atoms with Crippen LogP contribution in [0.4, 0.5) is 0 Å². The van der Waals surface area contributed by atoms with Gasteiger partial charge in [-0.15, -0.1) is 10.2 Å². The van der Waals surface area contributed by atoms with Gasteiger partial charge in [0.15, 0.2) is 5.82 Å². The highest BCUT2D eigenvalue weighted by Gasteiger charge is 2.36. The summed E-state index contributed by atoms with van der Waals surface area (Å²) < 4.78 is 5.08. The number of carbonyl (C=O) groups is 1. The molecule has 0 fully saturated rings. The average molecular weight is 353 g/mol. The molecule has 0 atom stereocenters. The van der Waals surface area contributed by atoms with Crippen molar-refractivity contribution in [2.24, 2.45) is 0 Å². The Morgan fingerprint density at radius 3 is 2.08 bits per heavy atom. The van der Waals surface area contributed by atoms with E-state index in [9.17, 15) is 4.79 Å². The molecule has 0 spiro atoms. The fourth-order valence-corrected chi connectivity index (χ4v) is 2.73. The molecule has 0 saturated carbocycles. The summed E-state index contributed by atoms with van der Waals surface area (Å²) in [6.07, 6.45) is 13.0. The number of carbonyl (C=O) groups excluding carboxylic acids is 1. The zero-order valence-corrected chi connectivity index (χ0v) is 16.6. The molecule has 1 rings (SSSR count). The van der Waals surface area contributed by atoms with Crippen LogP contribution in [0.1, 0.15) is 97.7 Å². The van der Waals surface area contributed by atoms with E-state index in [4.69, 9.17) is 4.74 Å². The Hall–Kier alpha value is -1.46.